The standard InChI is InChI=1S/C16H17NO4/c1-10(18)17-12-3-5-16(21-9-14-8-20-14)15(7-12)11-2-4-13(19)6-11/h3,5-7,14H,2,4,8-9H2,1H3,(H,17,18). The molecule has 2 aliphatic rings. The van der Waals surface area contributed by atoms with E-state index in [4.69, 9.17) is 9.47 Å². The molecule has 0 spiro atoms. The van der Waals surface area contributed by atoms with Crippen molar-refractivity contribution in [2.45, 2.75) is 25.9 Å². The number of epoxide rings is 1. The molecule has 0 radical (unpaired) electrons. The Morgan fingerprint density at radius 3 is 2.86 bits per heavy atom. The molecule has 0 bridgehead atoms. The zero-order valence-electron chi connectivity index (χ0n) is 11.8. The van der Waals surface area contributed by atoms with Gasteiger partial charge in [-0.2, -0.15) is 0 Å². The van der Waals surface area contributed by atoms with Gasteiger partial charge in [-0.3, -0.25) is 9.59 Å². The molecule has 110 valence electrons. The smallest absolute Gasteiger partial charge is 0.221 e. The number of nitrogens with one attached hydrogen (secondary N) is 1. The molecule has 1 aliphatic carbocycles. The van der Waals surface area contributed by atoms with Crippen molar-refractivity contribution >= 4 is 23.0 Å². The van der Waals surface area contributed by atoms with E-state index >= 15 is 0 Å². The fourth-order valence-electron chi connectivity index (χ4n) is 2.34. The van der Waals surface area contributed by atoms with Gasteiger partial charge in [-0.15, -0.1) is 0 Å². The van der Waals surface area contributed by atoms with Crippen LogP contribution in [0.4, 0.5) is 5.69 Å². The molecule has 1 unspecified atom stereocenters. The van der Waals surface area contributed by atoms with Crippen molar-refractivity contribution in [2.24, 2.45) is 0 Å². The lowest BCUT2D eigenvalue weighted by atomic mass is 10.0. The van der Waals surface area contributed by atoms with Crippen molar-refractivity contribution in [1.82, 2.24) is 0 Å². The number of benzene rings is 1. The van der Waals surface area contributed by atoms with Crippen LogP contribution in [-0.4, -0.2) is 31.0 Å². The van der Waals surface area contributed by atoms with Crippen molar-refractivity contribution in [3.63, 3.8) is 0 Å². The first-order chi connectivity index (χ1) is 10.1. The quantitative estimate of drug-likeness (QED) is 0.843. The minimum Gasteiger partial charge on any atom is -0.490 e. The van der Waals surface area contributed by atoms with Crippen LogP contribution >= 0.6 is 0 Å². The van der Waals surface area contributed by atoms with E-state index in [1.807, 2.05) is 12.1 Å². The third-order valence-corrected chi connectivity index (χ3v) is 3.45. The third-order valence-electron chi connectivity index (χ3n) is 3.45. The van der Waals surface area contributed by atoms with Crippen LogP contribution in [0.2, 0.25) is 0 Å². The van der Waals surface area contributed by atoms with E-state index in [0.29, 0.717) is 25.1 Å². The van der Waals surface area contributed by atoms with Gasteiger partial charge in [-0.05, 0) is 36.3 Å². The summed E-state index contributed by atoms with van der Waals surface area (Å²) in [6, 6.07) is 5.48. The topological polar surface area (TPSA) is 67.9 Å². The molecule has 0 saturated carbocycles. The van der Waals surface area contributed by atoms with E-state index in [0.717, 1.165) is 23.5 Å². The van der Waals surface area contributed by atoms with Gasteiger partial charge in [0.05, 0.1) is 6.61 Å². The lowest BCUT2D eigenvalue weighted by molar-refractivity contribution is -0.114. The molecule has 1 aromatic carbocycles. The van der Waals surface area contributed by atoms with Crippen LogP contribution in [0.25, 0.3) is 5.57 Å². The maximum atomic E-state index is 11.5. The average Bonchev–Trinajstić information content (AvgIpc) is 3.17. The fraction of sp³-hybridized carbons (Fsp3) is 0.375. The summed E-state index contributed by atoms with van der Waals surface area (Å²) in [4.78, 5) is 22.6. The third kappa shape index (κ3) is 3.49. The van der Waals surface area contributed by atoms with Gasteiger partial charge in [-0.25, -0.2) is 0 Å². The van der Waals surface area contributed by atoms with Gasteiger partial charge < -0.3 is 14.8 Å². The molecular formula is C16H17NO4. The molecule has 1 heterocycles. The highest BCUT2D eigenvalue weighted by Gasteiger charge is 2.24. The predicted octanol–water partition coefficient (Wildman–Crippen LogP) is 2.17. The van der Waals surface area contributed by atoms with Crippen LogP contribution < -0.4 is 10.1 Å². The summed E-state index contributed by atoms with van der Waals surface area (Å²) in [5.41, 5.74) is 2.53. The molecule has 1 atom stereocenters. The van der Waals surface area contributed by atoms with Crippen molar-refractivity contribution in [3.8, 4) is 5.75 Å². The summed E-state index contributed by atoms with van der Waals surface area (Å²) >= 11 is 0. The van der Waals surface area contributed by atoms with Gasteiger partial charge >= 0.3 is 0 Å². The van der Waals surface area contributed by atoms with Gasteiger partial charge in [-0.1, -0.05) is 0 Å². The molecule has 1 fully saturated rings. The normalized spacial score (nSPS) is 20.1. The molecule has 5 heteroatoms. The highest BCUT2D eigenvalue weighted by Crippen LogP contribution is 2.35. The van der Waals surface area contributed by atoms with Crippen molar-refractivity contribution in [2.75, 3.05) is 18.5 Å². The second-order valence-corrected chi connectivity index (χ2v) is 5.29. The highest BCUT2D eigenvalue weighted by molar-refractivity contribution is 6.02. The van der Waals surface area contributed by atoms with Gasteiger partial charge in [0, 0.05) is 24.6 Å². The van der Waals surface area contributed by atoms with Crippen molar-refractivity contribution < 1.29 is 19.1 Å². The van der Waals surface area contributed by atoms with Crippen LogP contribution in [0.1, 0.15) is 25.3 Å². The van der Waals surface area contributed by atoms with E-state index in [1.54, 1.807) is 12.1 Å². The average molecular weight is 287 g/mol. The summed E-state index contributed by atoms with van der Waals surface area (Å²) in [6.45, 7) is 2.71. The Hall–Kier alpha value is -2.14. The maximum absolute atomic E-state index is 11.5. The van der Waals surface area contributed by atoms with Crippen LogP contribution in [0.15, 0.2) is 24.3 Å². The molecular weight excluding hydrogens is 270 g/mol. The van der Waals surface area contributed by atoms with E-state index < -0.39 is 0 Å². The second kappa shape index (κ2) is 5.69. The molecule has 1 amide bonds. The van der Waals surface area contributed by atoms with E-state index in [-0.39, 0.29) is 17.8 Å². The number of hydrogen-bond acceptors (Lipinski definition) is 4. The maximum Gasteiger partial charge on any atom is 0.221 e. The molecule has 0 aromatic heterocycles. The second-order valence-electron chi connectivity index (χ2n) is 5.29. The number of rotatable bonds is 5. The Morgan fingerprint density at radius 2 is 2.24 bits per heavy atom. The minimum atomic E-state index is -0.127. The van der Waals surface area contributed by atoms with Crippen LogP contribution in [0.5, 0.6) is 5.75 Å². The first kappa shape index (κ1) is 13.8. The summed E-state index contributed by atoms with van der Waals surface area (Å²) in [6.07, 6.45) is 3.07. The molecule has 1 N–H and O–H groups in total. The monoisotopic (exact) mass is 287 g/mol. The molecule has 1 aromatic rings. The first-order valence-corrected chi connectivity index (χ1v) is 7.01. The lowest BCUT2D eigenvalue weighted by Gasteiger charge is -2.13. The number of ketones is 1. The number of ether oxygens (including phenoxy) is 2. The zero-order chi connectivity index (χ0) is 14.8. The molecule has 5 nitrogen and oxygen atoms in total. The SMILES string of the molecule is CC(=O)Nc1ccc(OCC2CO2)c(C2=CC(=O)CC2)c1. The van der Waals surface area contributed by atoms with Crippen LogP contribution in [-0.2, 0) is 14.3 Å². The van der Waals surface area contributed by atoms with Gasteiger partial charge in [0.25, 0.3) is 0 Å². The van der Waals surface area contributed by atoms with Crippen LogP contribution in [0.3, 0.4) is 0 Å². The molecule has 3 rings (SSSR count). The largest absolute Gasteiger partial charge is 0.490 e. The molecule has 21 heavy (non-hydrogen) atoms. The van der Waals surface area contributed by atoms with E-state index in [2.05, 4.69) is 5.32 Å². The van der Waals surface area contributed by atoms with Crippen molar-refractivity contribution in [3.05, 3.63) is 29.8 Å². The summed E-state index contributed by atoms with van der Waals surface area (Å²) < 4.78 is 10.9. The number of hydrogen-bond donors (Lipinski definition) is 1. The van der Waals surface area contributed by atoms with Gasteiger partial charge in [0.1, 0.15) is 18.5 Å². The number of anilines is 1. The Bertz CT molecular complexity index is 617. The summed E-state index contributed by atoms with van der Waals surface area (Å²) in [5, 5.41) is 2.75. The summed E-state index contributed by atoms with van der Waals surface area (Å²) in [5.74, 6) is 0.726. The van der Waals surface area contributed by atoms with Gasteiger partial charge in [0.2, 0.25) is 5.91 Å². The van der Waals surface area contributed by atoms with Crippen molar-refractivity contribution in [1.29, 1.82) is 0 Å². The molecule has 1 aliphatic heterocycles. The summed E-state index contributed by atoms with van der Waals surface area (Å²) in [7, 11) is 0. The molecule has 1 saturated heterocycles. The lowest BCUT2D eigenvalue weighted by Crippen LogP contribution is -2.08. The Labute approximate surface area is 122 Å². The zero-order valence-corrected chi connectivity index (χ0v) is 11.8. The Balaban J connectivity index is 1.88. The minimum absolute atomic E-state index is 0.127. The predicted molar refractivity (Wildman–Crippen MR) is 78.2 cm³/mol. The highest BCUT2D eigenvalue weighted by atomic mass is 16.6. The Morgan fingerprint density at radius 1 is 1.43 bits per heavy atom. The van der Waals surface area contributed by atoms with Crippen LogP contribution in [0, 0.1) is 0 Å². The first-order valence-electron chi connectivity index (χ1n) is 7.01. The Kier molecular flexibility index (Phi) is 3.75. The number of amides is 1. The number of allylic oxidation sites excluding steroid dienone is 2. The van der Waals surface area contributed by atoms with E-state index in [9.17, 15) is 9.59 Å². The van der Waals surface area contributed by atoms with Gasteiger partial charge in [0.15, 0.2) is 5.78 Å². The fourth-order valence-corrected chi connectivity index (χ4v) is 2.34. The number of carbonyl (C=O) groups is 2. The van der Waals surface area contributed by atoms with E-state index in [1.165, 1.54) is 6.92 Å². The number of carbonyl (C=O) groups excluding carboxylic acids is 2.